The van der Waals surface area contributed by atoms with Crippen LogP contribution in [0.5, 0.6) is 0 Å². The summed E-state index contributed by atoms with van der Waals surface area (Å²) in [5.74, 6) is -0.932. The van der Waals surface area contributed by atoms with Gasteiger partial charge in [0.2, 0.25) is 0 Å². The zero-order valence-corrected chi connectivity index (χ0v) is 10.4. The van der Waals surface area contributed by atoms with Crippen LogP contribution in [0.4, 0.5) is 15.8 Å². The summed E-state index contributed by atoms with van der Waals surface area (Å²) in [5.41, 5.74) is 6.79. The lowest BCUT2D eigenvalue weighted by Crippen LogP contribution is -2.11. The minimum atomic E-state index is -0.570. The molecule has 4 nitrogen and oxygen atoms in total. The first-order valence-electron chi connectivity index (χ1n) is 5.98. The van der Waals surface area contributed by atoms with Gasteiger partial charge in [-0.15, -0.1) is 0 Å². The molecule has 1 aromatic heterocycles. The number of hydrogen-bond donors (Lipinski definition) is 2. The lowest BCUT2D eigenvalue weighted by Gasteiger charge is -2.05. The maximum absolute atomic E-state index is 13.3. The van der Waals surface area contributed by atoms with Crippen molar-refractivity contribution < 1.29 is 13.6 Å². The van der Waals surface area contributed by atoms with Crippen molar-refractivity contribution in [2.45, 2.75) is 0 Å². The van der Waals surface area contributed by atoms with Crippen LogP contribution < -0.4 is 11.1 Å². The van der Waals surface area contributed by atoms with Crippen molar-refractivity contribution in [2.75, 3.05) is 11.1 Å². The first kappa shape index (κ1) is 12.2. The van der Waals surface area contributed by atoms with Crippen molar-refractivity contribution >= 4 is 28.3 Å². The molecule has 0 atom stereocenters. The van der Waals surface area contributed by atoms with Crippen LogP contribution in [0.2, 0.25) is 0 Å². The third-order valence-corrected chi connectivity index (χ3v) is 2.98. The second-order valence-electron chi connectivity index (χ2n) is 4.34. The average molecular weight is 270 g/mol. The molecule has 1 heterocycles. The van der Waals surface area contributed by atoms with E-state index >= 15 is 0 Å². The van der Waals surface area contributed by atoms with Gasteiger partial charge in [0, 0.05) is 11.1 Å². The third-order valence-electron chi connectivity index (χ3n) is 2.98. The number of nitrogens with two attached hydrogens (primary N) is 1. The highest BCUT2D eigenvalue weighted by molar-refractivity contribution is 6.12. The first-order chi connectivity index (χ1) is 9.65. The van der Waals surface area contributed by atoms with Crippen LogP contribution in [0, 0.1) is 5.82 Å². The molecule has 3 rings (SSSR count). The number of hydrogen-bond acceptors (Lipinski definition) is 3. The summed E-state index contributed by atoms with van der Waals surface area (Å²) < 4.78 is 18.6. The molecule has 0 aliphatic carbocycles. The van der Waals surface area contributed by atoms with E-state index in [4.69, 9.17) is 10.2 Å². The molecule has 1 amide bonds. The molecule has 0 saturated carbocycles. The minimum Gasteiger partial charge on any atom is -0.463 e. The number of amides is 1. The average Bonchev–Trinajstić information content (AvgIpc) is 2.87. The number of benzene rings is 2. The lowest BCUT2D eigenvalue weighted by atomic mass is 10.1. The van der Waals surface area contributed by atoms with E-state index in [0.717, 1.165) is 0 Å². The molecule has 0 radical (unpaired) electrons. The highest BCUT2D eigenvalue weighted by Gasteiger charge is 2.13. The lowest BCUT2D eigenvalue weighted by molar-refractivity contribution is 0.102. The highest BCUT2D eigenvalue weighted by atomic mass is 19.1. The quantitative estimate of drug-likeness (QED) is 0.701. The van der Waals surface area contributed by atoms with Crippen LogP contribution in [-0.4, -0.2) is 5.91 Å². The highest BCUT2D eigenvalue weighted by Crippen LogP contribution is 2.22. The van der Waals surface area contributed by atoms with Gasteiger partial charge in [0.1, 0.15) is 17.7 Å². The van der Waals surface area contributed by atoms with E-state index in [-0.39, 0.29) is 11.6 Å². The fourth-order valence-electron chi connectivity index (χ4n) is 1.96. The van der Waals surface area contributed by atoms with Crippen molar-refractivity contribution in [2.24, 2.45) is 0 Å². The van der Waals surface area contributed by atoms with E-state index < -0.39 is 5.82 Å². The summed E-state index contributed by atoms with van der Waals surface area (Å²) in [5, 5.41) is 3.32. The molecule has 0 bridgehead atoms. The van der Waals surface area contributed by atoms with Gasteiger partial charge in [-0.25, -0.2) is 4.39 Å². The van der Waals surface area contributed by atoms with Crippen LogP contribution >= 0.6 is 0 Å². The smallest absolute Gasteiger partial charge is 0.259 e. The fraction of sp³-hybridized carbons (Fsp3) is 0. The van der Waals surface area contributed by atoms with Crippen molar-refractivity contribution in [1.82, 2.24) is 0 Å². The Morgan fingerprint density at radius 3 is 2.80 bits per heavy atom. The van der Waals surface area contributed by atoms with E-state index in [0.29, 0.717) is 22.2 Å². The maximum Gasteiger partial charge on any atom is 0.259 e. The number of rotatable bonds is 2. The molecule has 0 saturated heterocycles. The molecule has 0 aliphatic rings. The van der Waals surface area contributed by atoms with E-state index in [1.807, 2.05) is 12.1 Å². The van der Waals surface area contributed by atoms with Crippen LogP contribution in [0.25, 0.3) is 11.0 Å². The van der Waals surface area contributed by atoms with E-state index in [2.05, 4.69) is 5.32 Å². The monoisotopic (exact) mass is 270 g/mol. The first-order valence-corrected chi connectivity index (χ1v) is 5.98. The van der Waals surface area contributed by atoms with Gasteiger partial charge in [0.05, 0.1) is 11.3 Å². The normalized spacial score (nSPS) is 10.7. The number of nitrogens with one attached hydrogen (secondary N) is 1. The second-order valence-corrected chi connectivity index (χ2v) is 4.34. The van der Waals surface area contributed by atoms with Gasteiger partial charge in [-0.3, -0.25) is 4.79 Å². The Bertz CT molecular complexity index is 795. The second kappa shape index (κ2) is 4.70. The number of fused-ring (bicyclic) bond motifs is 1. The Balaban J connectivity index is 1.91. The number of furan rings is 1. The largest absolute Gasteiger partial charge is 0.463 e. The van der Waals surface area contributed by atoms with E-state index in [1.165, 1.54) is 18.4 Å². The molecule has 3 N–H and O–H groups in total. The van der Waals surface area contributed by atoms with Crippen molar-refractivity contribution in [1.29, 1.82) is 0 Å². The molecule has 3 aromatic rings. The van der Waals surface area contributed by atoms with Gasteiger partial charge in [-0.1, -0.05) is 18.2 Å². The molecular formula is C15H11FN2O2. The van der Waals surface area contributed by atoms with Gasteiger partial charge < -0.3 is 15.5 Å². The zero-order chi connectivity index (χ0) is 14.1. The Hall–Kier alpha value is -2.82. The van der Waals surface area contributed by atoms with Crippen molar-refractivity contribution in [3.05, 3.63) is 60.1 Å². The van der Waals surface area contributed by atoms with Gasteiger partial charge in [-0.05, 0) is 24.3 Å². The summed E-state index contributed by atoms with van der Waals surface area (Å²) in [6, 6.07) is 11.3. The van der Waals surface area contributed by atoms with Gasteiger partial charge in [0.25, 0.3) is 5.91 Å². The standard InChI is InChI=1S/C15H11FN2O2/c16-12-7-9(5-6-13(12)17)18-15(19)11-8-20-14-4-2-1-3-10(11)14/h1-8H,17H2,(H,18,19). The summed E-state index contributed by atoms with van der Waals surface area (Å²) in [7, 11) is 0. The summed E-state index contributed by atoms with van der Waals surface area (Å²) in [6.45, 7) is 0. The van der Waals surface area contributed by atoms with Crippen LogP contribution in [0.15, 0.2) is 53.1 Å². The van der Waals surface area contributed by atoms with Crippen LogP contribution in [0.3, 0.4) is 0 Å². The van der Waals surface area contributed by atoms with Gasteiger partial charge in [0.15, 0.2) is 0 Å². The Labute approximate surface area is 114 Å². The van der Waals surface area contributed by atoms with Gasteiger partial charge in [-0.2, -0.15) is 0 Å². The number of nitrogen functional groups attached to an aromatic ring is 1. The molecule has 20 heavy (non-hydrogen) atoms. The molecule has 0 spiro atoms. The predicted molar refractivity (Wildman–Crippen MR) is 75.0 cm³/mol. The molecule has 0 fully saturated rings. The molecule has 5 heteroatoms. The number of carbonyl (C=O) groups is 1. The predicted octanol–water partition coefficient (Wildman–Crippen LogP) is 3.41. The number of carbonyl (C=O) groups excluding carboxylic acids is 1. The Kier molecular flexibility index (Phi) is 2.87. The van der Waals surface area contributed by atoms with Gasteiger partial charge >= 0.3 is 0 Å². The number of halogens is 1. The topological polar surface area (TPSA) is 68.3 Å². The van der Waals surface area contributed by atoms with Crippen LogP contribution in [0.1, 0.15) is 10.4 Å². The number of para-hydroxylation sites is 1. The van der Waals surface area contributed by atoms with E-state index in [1.54, 1.807) is 18.2 Å². The fourth-order valence-corrected chi connectivity index (χ4v) is 1.96. The molecule has 2 aromatic carbocycles. The summed E-state index contributed by atoms with van der Waals surface area (Å²) in [4.78, 5) is 12.2. The summed E-state index contributed by atoms with van der Waals surface area (Å²) in [6.07, 6.45) is 1.38. The Morgan fingerprint density at radius 1 is 1.20 bits per heavy atom. The molecule has 0 aliphatic heterocycles. The number of anilines is 2. The maximum atomic E-state index is 13.3. The minimum absolute atomic E-state index is 0.0387. The third kappa shape index (κ3) is 2.09. The zero-order valence-electron chi connectivity index (χ0n) is 10.4. The SMILES string of the molecule is Nc1ccc(NC(=O)c2coc3ccccc23)cc1F. The van der Waals surface area contributed by atoms with E-state index in [9.17, 15) is 9.18 Å². The molecular weight excluding hydrogens is 259 g/mol. The van der Waals surface area contributed by atoms with Crippen molar-refractivity contribution in [3.63, 3.8) is 0 Å². The van der Waals surface area contributed by atoms with Crippen molar-refractivity contribution in [3.8, 4) is 0 Å². The summed E-state index contributed by atoms with van der Waals surface area (Å²) >= 11 is 0. The Morgan fingerprint density at radius 2 is 2.00 bits per heavy atom. The molecule has 0 unspecified atom stereocenters. The van der Waals surface area contributed by atoms with Crippen LogP contribution in [-0.2, 0) is 0 Å². The molecule has 100 valence electrons.